The number of nitrogens with zero attached hydrogens (tertiary/aromatic N) is 2. The van der Waals surface area contributed by atoms with E-state index in [4.69, 9.17) is 4.42 Å². The Hall–Kier alpha value is -1.62. The highest BCUT2D eigenvalue weighted by Gasteiger charge is 2.14. The molecular formula is C13H13BrN2O2. The first-order chi connectivity index (χ1) is 8.58. The largest absolute Gasteiger partial charge is 0.469 e. The van der Waals surface area contributed by atoms with Gasteiger partial charge in [-0.15, -0.1) is 0 Å². The highest BCUT2D eigenvalue weighted by Crippen LogP contribution is 2.13. The van der Waals surface area contributed by atoms with Crippen LogP contribution in [-0.4, -0.2) is 22.8 Å². The summed E-state index contributed by atoms with van der Waals surface area (Å²) in [6, 6.07) is 5.37. The summed E-state index contributed by atoms with van der Waals surface area (Å²) in [5, 5.41) is 0. The molecule has 0 bridgehead atoms. The van der Waals surface area contributed by atoms with Crippen molar-refractivity contribution in [1.29, 1.82) is 0 Å². The lowest BCUT2D eigenvalue weighted by atomic mass is 10.2. The number of pyridine rings is 1. The van der Waals surface area contributed by atoms with Gasteiger partial charge in [-0.3, -0.25) is 4.79 Å². The van der Waals surface area contributed by atoms with Crippen LogP contribution in [0.4, 0.5) is 0 Å². The van der Waals surface area contributed by atoms with Gasteiger partial charge in [0.2, 0.25) is 0 Å². The molecule has 2 rings (SSSR count). The van der Waals surface area contributed by atoms with Crippen LogP contribution in [0.2, 0.25) is 0 Å². The van der Waals surface area contributed by atoms with E-state index in [0.717, 1.165) is 15.8 Å². The molecule has 0 aliphatic heterocycles. The third-order valence-electron chi connectivity index (χ3n) is 2.67. The predicted molar refractivity (Wildman–Crippen MR) is 71.2 cm³/mol. The molecule has 2 heterocycles. The number of aryl methyl sites for hydroxylation is 1. The van der Waals surface area contributed by atoms with Crippen molar-refractivity contribution in [3.8, 4) is 0 Å². The van der Waals surface area contributed by atoms with Crippen molar-refractivity contribution in [3.05, 3.63) is 52.1 Å². The molecule has 0 saturated heterocycles. The summed E-state index contributed by atoms with van der Waals surface area (Å²) in [7, 11) is 1.75. The molecule has 0 fully saturated rings. The number of rotatable bonds is 3. The molecule has 4 nitrogen and oxygen atoms in total. The molecule has 1 amide bonds. The SMILES string of the molecule is Cc1occc1CN(C)C(=O)c1ccc(Br)cn1. The van der Waals surface area contributed by atoms with Crippen LogP contribution in [0.3, 0.4) is 0 Å². The highest BCUT2D eigenvalue weighted by atomic mass is 79.9. The Kier molecular flexibility index (Phi) is 3.81. The average Bonchev–Trinajstić information content (AvgIpc) is 2.75. The molecule has 0 spiro atoms. The third kappa shape index (κ3) is 2.79. The Balaban J connectivity index is 2.09. The quantitative estimate of drug-likeness (QED) is 0.875. The molecule has 2 aromatic heterocycles. The van der Waals surface area contributed by atoms with Crippen molar-refractivity contribution < 1.29 is 9.21 Å². The van der Waals surface area contributed by atoms with E-state index < -0.39 is 0 Å². The number of carbonyl (C=O) groups excluding carboxylic acids is 1. The molecule has 5 heteroatoms. The fourth-order valence-corrected chi connectivity index (χ4v) is 1.84. The van der Waals surface area contributed by atoms with Crippen LogP contribution in [0.25, 0.3) is 0 Å². The van der Waals surface area contributed by atoms with Gasteiger partial charge < -0.3 is 9.32 Å². The molecule has 0 saturated carbocycles. The lowest BCUT2D eigenvalue weighted by molar-refractivity contribution is 0.0779. The minimum Gasteiger partial charge on any atom is -0.469 e. The van der Waals surface area contributed by atoms with Crippen LogP contribution >= 0.6 is 15.9 Å². The first-order valence-corrected chi connectivity index (χ1v) is 6.27. The van der Waals surface area contributed by atoms with Crippen molar-refractivity contribution in [2.75, 3.05) is 7.05 Å². The van der Waals surface area contributed by atoms with Gasteiger partial charge in [0.25, 0.3) is 5.91 Å². The Labute approximate surface area is 114 Å². The zero-order valence-corrected chi connectivity index (χ0v) is 11.8. The van der Waals surface area contributed by atoms with Crippen LogP contribution in [0.5, 0.6) is 0 Å². The lowest BCUT2D eigenvalue weighted by Gasteiger charge is -2.16. The summed E-state index contributed by atoms with van der Waals surface area (Å²) in [6.07, 6.45) is 3.24. The van der Waals surface area contributed by atoms with Gasteiger partial charge in [0.1, 0.15) is 11.5 Å². The van der Waals surface area contributed by atoms with Gasteiger partial charge in [-0.1, -0.05) is 0 Å². The Bertz CT molecular complexity index is 548. The molecule has 0 unspecified atom stereocenters. The Morgan fingerprint density at radius 2 is 2.22 bits per heavy atom. The summed E-state index contributed by atoms with van der Waals surface area (Å²) < 4.78 is 6.06. The first-order valence-electron chi connectivity index (χ1n) is 5.48. The molecule has 2 aromatic rings. The van der Waals surface area contributed by atoms with Crippen molar-refractivity contribution in [2.24, 2.45) is 0 Å². The Morgan fingerprint density at radius 3 is 2.78 bits per heavy atom. The summed E-state index contributed by atoms with van der Waals surface area (Å²) in [5.41, 5.74) is 1.44. The van der Waals surface area contributed by atoms with E-state index in [2.05, 4.69) is 20.9 Å². The van der Waals surface area contributed by atoms with E-state index in [1.54, 1.807) is 36.5 Å². The molecule has 0 aliphatic rings. The summed E-state index contributed by atoms with van der Waals surface area (Å²) >= 11 is 3.29. The average molecular weight is 309 g/mol. The number of aromatic nitrogens is 1. The number of hydrogen-bond donors (Lipinski definition) is 0. The summed E-state index contributed by atoms with van der Waals surface area (Å²) in [6.45, 7) is 2.39. The van der Waals surface area contributed by atoms with Gasteiger partial charge in [0, 0.05) is 29.8 Å². The van der Waals surface area contributed by atoms with E-state index in [1.807, 2.05) is 13.0 Å². The monoisotopic (exact) mass is 308 g/mol. The number of carbonyl (C=O) groups is 1. The smallest absolute Gasteiger partial charge is 0.272 e. The second-order valence-corrected chi connectivity index (χ2v) is 4.94. The van der Waals surface area contributed by atoms with Crippen molar-refractivity contribution in [3.63, 3.8) is 0 Å². The molecule has 0 N–H and O–H groups in total. The summed E-state index contributed by atoms with van der Waals surface area (Å²) in [5.74, 6) is 0.724. The van der Waals surface area contributed by atoms with Crippen LogP contribution in [0.1, 0.15) is 21.8 Å². The van der Waals surface area contributed by atoms with Gasteiger partial charge >= 0.3 is 0 Å². The van der Waals surface area contributed by atoms with Crippen molar-refractivity contribution in [2.45, 2.75) is 13.5 Å². The van der Waals surface area contributed by atoms with Gasteiger partial charge in [-0.05, 0) is 41.1 Å². The molecule has 94 valence electrons. The molecule has 0 aliphatic carbocycles. The fourth-order valence-electron chi connectivity index (χ4n) is 1.60. The first kappa shape index (κ1) is 12.8. The second-order valence-electron chi connectivity index (χ2n) is 4.02. The molecule has 0 atom stereocenters. The van der Waals surface area contributed by atoms with Crippen LogP contribution in [0.15, 0.2) is 39.5 Å². The zero-order chi connectivity index (χ0) is 13.1. The van der Waals surface area contributed by atoms with E-state index >= 15 is 0 Å². The maximum absolute atomic E-state index is 12.1. The van der Waals surface area contributed by atoms with Gasteiger partial charge in [0.05, 0.1) is 6.26 Å². The summed E-state index contributed by atoms with van der Waals surface area (Å²) in [4.78, 5) is 17.8. The third-order valence-corrected chi connectivity index (χ3v) is 3.14. The van der Waals surface area contributed by atoms with Gasteiger partial charge in [-0.2, -0.15) is 0 Å². The van der Waals surface area contributed by atoms with E-state index in [0.29, 0.717) is 12.2 Å². The maximum Gasteiger partial charge on any atom is 0.272 e. The lowest BCUT2D eigenvalue weighted by Crippen LogP contribution is -2.27. The molecule has 0 aromatic carbocycles. The van der Waals surface area contributed by atoms with Crippen LogP contribution < -0.4 is 0 Å². The van der Waals surface area contributed by atoms with E-state index in [9.17, 15) is 4.79 Å². The molecule has 0 radical (unpaired) electrons. The normalized spacial score (nSPS) is 10.4. The van der Waals surface area contributed by atoms with E-state index in [-0.39, 0.29) is 5.91 Å². The van der Waals surface area contributed by atoms with Crippen LogP contribution in [-0.2, 0) is 6.54 Å². The molecule has 18 heavy (non-hydrogen) atoms. The van der Waals surface area contributed by atoms with E-state index in [1.165, 1.54) is 0 Å². The minimum atomic E-state index is -0.108. The predicted octanol–water partition coefficient (Wildman–Crippen LogP) is 3.02. The van der Waals surface area contributed by atoms with Crippen molar-refractivity contribution in [1.82, 2.24) is 9.88 Å². The minimum absolute atomic E-state index is 0.108. The number of amides is 1. The van der Waals surface area contributed by atoms with Crippen LogP contribution in [0, 0.1) is 6.92 Å². The maximum atomic E-state index is 12.1. The number of furan rings is 1. The van der Waals surface area contributed by atoms with Crippen molar-refractivity contribution >= 4 is 21.8 Å². The van der Waals surface area contributed by atoms with Gasteiger partial charge in [-0.25, -0.2) is 4.98 Å². The molecular weight excluding hydrogens is 296 g/mol. The number of halogens is 1. The second kappa shape index (κ2) is 5.35. The zero-order valence-electron chi connectivity index (χ0n) is 10.2. The highest BCUT2D eigenvalue weighted by molar-refractivity contribution is 9.10. The topological polar surface area (TPSA) is 46.3 Å². The Morgan fingerprint density at radius 1 is 1.44 bits per heavy atom. The standard InChI is InChI=1S/C13H13BrN2O2/c1-9-10(5-6-18-9)8-16(2)13(17)12-4-3-11(14)7-15-12/h3-7H,8H2,1-2H3. The number of hydrogen-bond acceptors (Lipinski definition) is 3. The van der Waals surface area contributed by atoms with Gasteiger partial charge in [0.15, 0.2) is 0 Å². The fraction of sp³-hybridized carbons (Fsp3) is 0.231.